The number of carboxylic acid groups (broad SMARTS) is 1. The molecule has 0 fully saturated rings. The van der Waals surface area contributed by atoms with Crippen molar-refractivity contribution in [3.63, 3.8) is 0 Å². The standard InChI is InChI=1S/C12H10Cl2N2O4S/c13-9-7-10(14)11(6-8(9)12(17)18)21(19,20)5-4-16-3-1-2-15-16/h1-3,6-7H,4-5H2,(H,17,18). The number of carbonyl (C=O) groups is 1. The molecule has 21 heavy (non-hydrogen) atoms. The van der Waals surface area contributed by atoms with Gasteiger partial charge in [0.25, 0.3) is 0 Å². The molecule has 0 aliphatic carbocycles. The number of aromatic nitrogens is 2. The minimum Gasteiger partial charge on any atom is -0.478 e. The lowest BCUT2D eigenvalue weighted by Crippen LogP contribution is -2.15. The summed E-state index contributed by atoms with van der Waals surface area (Å²) in [5.41, 5.74) is -0.307. The second kappa shape index (κ2) is 6.05. The molecule has 1 aromatic carbocycles. The first-order valence-electron chi connectivity index (χ1n) is 5.74. The fourth-order valence-corrected chi connectivity index (χ4v) is 3.81. The van der Waals surface area contributed by atoms with Crippen LogP contribution < -0.4 is 0 Å². The Kier molecular flexibility index (Phi) is 4.55. The molecule has 9 heteroatoms. The van der Waals surface area contributed by atoms with Gasteiger partial charge < -0.3 is 5.11 Å². The van der Waals surface area contributed by atoms with Crippen molar-refractivity contribution in [1.29, 1.82) is 0 Å². The number of sulfone groups is 1. The van der Waals surface area contributed by atoms with Gasteiger partial charge in [0.2, 0.25) is 0 Å². The van der Waals surface area contributed by atoms with E-state index in [9.17, 15) is 13.2 Å². The highest BCUT2D eigenvalue weighted by Gasteiger charge is 2.22. The highest BCUT2D eigenvalue weighted by Crippen LogP contribution is 2.29. The fraction of sp³-hybridized carbons (Fsp3) is 0.167. The summed E-state index contributed by atoms with van der Waals surface area (Å²) in [5, 5.41) is 12.7. The largest absolute Gasteiger partial charge is 0.478 e. The summed E-state index contributed by atoms with van der Waals surface area (Å²) < 4.78 is 26.0. The zero-order chi connectivity index (χ0) is 15.6. The van der Waals surface area contributed by atoms with Gasteiger partial charge in [-0.15, -0.1) is 0 Å². The summed E-state index contributed by atoms with van der Waals surface area (Å²) in [4.78, 5) is 10.8. The number of nitrogens with zero attached hydrogens (tertiary/aromatic N) is 2. The number of hydrogen-bond donors (Lipinski definition) is 1. The Hall–Kier alpha value is -1.57. The van der Waals surface area contributed by atoms with Crippen molar-refractivity contribution in [2.45, 2.75) is 11.4 Å². The number of aryl methyl sites for hydroxylation is 1. The van der Waals surface area contributed by atoms with Gasteiger partial charge in [-0.25, -0.2) is 13.2 Å². The quantitative estimate of drug-likeness (QED) is 0.895. The lowest BCUT2D eigenvalue weighted by atomic mass is 10.2. The number of rotatable bonds is 5. The highest BCUT2D eigenvalue weighted by atomic mass is 35.5. The average Bonchev–Trinajstić information content (AvgIpc) is 2.88. The second-order valence-electron chi connectivity index (χ2n) is 4.16. The SMILES string of the molecule is O=C(O)c1cc(S(=O)(=O)CCn2cccn2)c(Cl)cc1Cl. The lowest BCUT2D eigenvalue weighted by molar-refractivity contribution is 0.0697. The molecule has 1 aromatic heterocycles. The van der Waals surface area contributed by atoms with Crippen LogP contribution >= 0.6 is 23.2 Å². The Balaban J connectivity index is 2.35. The molecule has 0 unspecified atom stereocenters. The maximum atomic E-state index is 12.3. The molecule has 0 atom stereocenters. The number of hydrogen-bond acceptors (Lipinski definition) is 4. The first kappa shape index (κ1) is 15.8. The smallest absolute Gasteiger partial charge is 0.337 e. The van der Waals surface area contributed by atoms with Gasteiger partial charge in [0.15, 0.2) is 9.84 Å². The minimum absolute atomic E-state index is 0.106. The van der Waals surface area contributed by atoms with Crippen LogP contribution in [0, 0.1) is 0 Å². The van der Waals surface area contributed by atoms with Crippen LogP contribution in [-0.4, -0.2) is 35.0 Å². The van der Waals surface area contributed by atoms with Crippen LogP contribution in [0.3, 0.4) is 0 Å². The summed E-state index contributed by atoms with van der Waals surface area (Å²) in [6.45, 7) is 0.136. The maximum Gasteiger partial charge on any atom is 0.337 e. The molecule has 0 radical (unpaired) electrons. The topological polar surface area (TPSA) is 89.3 Å². The van der Waals surface area contributed by atoms with E-state index in [-0.39, 0.29) is 32.8 Å². The second-order valence-corrected chi connectivity index (χ2v) is 7.05. The molecule has 112 valence electrons. The summed E-state index contributed by atoms with van der Waals surface area (Å²) in [6.07, 6.45) is 3.16. The first-order chi connectivity index (χ1) is 9.81. The van der Waals surface area contributed by atoms with Gasteiger partial charge in [-0.05, 0) is 18.2 Å². The van der Waals surface area contributed by atoms with Crippen LogP contribution in [0.1, 0.15) is 10.4 Å². The Labute approximate surface area is 130 Å². The number of aromatic carboxylic acids is 1. The van der Waals surface area contributed by atoms with E-state index in [2.05, 4.69) is 5.10 Å². The Bertz CT molecular complexity index is 773. The van der Waals surface area contributed by atoms with E-state index in [1.54, 1.807) is 12.3 Å². The molecule has 0 amide bonds. The van der Waals surface area contributed by atoms with Crippen LogP contribution in [0.5, 0.6) is 0 Å². The van der Waals surface area contributed by atoms with E-state index in [1.165, 1.54) is 10.9 Å². The van der Waals surface area contributed by atoms with E-state index in [0.29, 0.717) is 0 Å². The van der Waals surface area contributed by atoms with Crippen LogP contribution in [0.2, 0.25) is 10.0 Å². The fourth-order valence-electron chi connectivity index (χ4n) is 1.69. The molecule has 0 saturated carbocycles. The van der Waals surface area contributed by atoms with Gasteiger partial charge in [-0.3, -0.25) is 4.68 Å². The molecule has 1 heterocycles. The Morgan fingerprint density at radius 2 is 2.00 bits per heavy atom. The number of benzene rings is 1. The van der Waals surface area contributed by atoms with Crippen molar-refractivity contribution in [2.24, 2.45) is 0 Å². The van der Waals surface area contributed by atoms with Gasteiger partial charge in [0.05, 0.1) is 32.8 Å². The summed E-state index contributed by atoms with van der Waals surface area (Å²) >= 11 is 11.6. The third-order valence-corrected chi connectivity index (χ3v) is 5.20. The van der Waals surface area contributed by atoms with Crippen LogP contribution in [0.4, 0.5) is 0 Å². The van der Waals surface area contributed by atoms with Gasteiger partial charge in [0.1, 0.15) is 0 Å². The number of halogens is 2. The van der Waals surface area contributed by atoms with Gasteiger partial charge in [-0.1, -0.05) is 23.2 Å². The van der Waals surface area contributed by atoms with E-state index in [1.807, 2.05) is 0 Å². The monoisotopic (exact) mass is 348 g/mol. The van der Waals surface area contributed by atoms with E-state index in [0.717, 1.165) is 12.1 Å². The van der Waals surface area contributed by atoms with Crippen molar-refractivity contribution in [2.75, 3.05) is 5.75 Å². The normalized spacial score (nSPS) is 11.5. The zero-order valence-electron chi connectivity index (χ0n) is 10.5. The van der Waals surface area contributed by atoms with Crippen LogP contribution in [-0.2, 0) is 16.4 Å². The zero-order valence-corrected chi connectivity index (χ0v) is 12.9. The molecule has 0 aliphatic heterocycles. The van der Waals surface area contributed by atoms with E-state index >= 15 is 0 Å². The molecule has 2 aromatic rings. The summed E-state index contributed by atoms with van der Waals surface area (Å²) in [7, 11) is -3.75. The third-order valence-electron chi connectivity index (χ3n) is 2.74. The molecule has 1 N–H and O–H groups in total. The van der Waals surface area contributed by atoms with Crippen LogP contribution in [0.25, 0.3) is 0 Å². The highest BCUT2D eigenvalue weighted by molar-refractivity contribution is 7.91. The summed E-state index contributed by atoms with van der Waals surface area (Å²) in [5.74, 6) is -1.57. The third kappa shape index (κ3) is 3.55. The van der Waals surface area contributed by atoms with Gasteiger partial charge >= 0.3 is 5.97 Å². The van der Waals surface area contributed by atoms with Gasteiger partial charge in [-0.2, -0.15) is 5.10 Å². The van der Waals surface area contributed by atoms with E-state index in [4.69, 9.17) is 28.3 Å². The van der Waals surface area contributed by atoms with Crippen molar-refractivity contribution in [3.05, 3.63) is 46.2 Å². The molecule has 0 saturated heterocycles. The molecular weight excluding hydrogens is 339 g/mol. The average molecular weight is 349 g/mol. The lowest BCUT2D eigenvalue weighted by Gasteiger charge is -2.09. The predicted molar refractivity (Wildman–Crippen MR) is 77.7 cm³/mol. The first-order valence-corrected chi connectivity index (χ1v) is 8.14. The Morgan fingerprint density at radius 3 is 2.57 bits per heavy atom. The Morgan fingerprint density at radius 1 is 1.29 bits per heavy atom. The molecular formula is C12H10Cl2N2O4S. The number of carboxylic acids is 1. The maximum absolute atomic E-state index is 12.3. The molecule has 2 rings (SSSR count). The van der Waals surface area contributed by atoms with Crippen molar-refractivity contribution in [3.8, 4) is 0 Å². The van der Waals surface area contributed by atoms with Crippen molar-refractivity contribution in [1.82, 2.24) is 9.78 Å². The predicted octanol–water partition coefficient (Wildman–Crippen LogP) is 2.36. The van der Waals surface area contributed by atoms with Crippen LogP contribution in [0.15, 0.2) is 35.5 Å². The minimum atomic E-state index is -3.75. The van der Waals surface area contributed by atoms with Crippen molar-refractivity contribution >= 4 is 39.0 Å². The van der Waals surface area contributed by atoms with Gasteiger partial charge in [0, 0.05) is 12.4 Å². The molecule has 6 nitrogen and oxygen atoms in total. The molecule has 0 bridgehead atoms. The van der Waals surface area contributed by atoms with Crippen molar-refractivity contribution < 1.29 is 18.3 Å². The van der Waals surface area contributed by atoms with E-state index < -0.39 is 15.8 Å². The summed E-state index contributed by atoms with van der Waals surface area (Å²) in [6, 6.07) is 3.77. The molecule has 0 aliphatic rings. The molecule has 0 spiro atoms.